The molecule has 2 heterocycles. The summed E-state index contributed by atoms with van der Waals surface area (Å²) < 4.78 is 53.4. The van der Waals surface area contributed by atoms with E-state index in [-0.39, 0.29) is 25.7 Å². The molecule has 4 aromatic rings. The lowest BCUT2D eigenvalue weighted by Gasteiger charge is -2.16. The molecule has 206 valence electrons. The molecule has 2 aromatic carbocycles. The normalized spacial score (nSPS) is 11.2. The summed E-state index contributed by atoms with van der Waals surface area (Å²) in [6, 6.07) is 13.3. The Balaban J connectivity index is 0.00000294. The molecular formula is C28H30FN3O6S. The fourth-order valence-corrected chi connectivity index (χ4v) is 5.08. The lowest BCUT2D eigenvalue weighted by molar-refractivity contribution is 0.0978. The van der Waals surface area contributed by atoms with Crippen LogP contribution in [0.15, 0.2) is 70.5 Å². The van der Waals surface area contributed by atoms with Gasteiger partial charge in [-0.05, 0) is 81.3 Å². The van der Waals surface area contributed by atoms with Crippen LogP contribution in [0.1, 0.15) is 36.8 Å². The second kappa shape index (κ2) is 11.1. The van der Waals surface area contributed by atoms with E-state index in [0.717, 1.165) is 22.8 Å². The van der Waals surface area contributed by atoms with Crippen molar-refractivity contribution in [3.05, 3.63) is 99.2 Å². The average Bonchev–Trinajstić information content (AvgIpc) is 2.87. The number of hydrogen-bond acceptors (Lipinski definition) is 7. The third kappa shape index (κ3) is 5.99. The van der Waals surface area contributed by atoms with Gasteiger partial charge in [0.1, 0.15) is 11.3 Å². The summed E-state index contributed by atoms with van der Waals surface area (Å²) in [6.07, 6.45) is 1.27. The number of hydrogen-bond donors (Lipinski definition) is 2. The maximum atomic E-state index is 14.6. The van der Waals surface area contributed by atoms with E-state index >= 15 is 0 Å². The van der Waals surface area contributed by atoms with Crippen molar-refractivity contribution in [1.82, 2.24) is 14.7 Å². The van der Waals surface area contributed by atoms with E-state index in [0.29, 0.717) is 17.9 Å². The van der Waals surface area contributed by atoms with Gasteiger partial charge in [0.15, 0.2) is 16.5 Å². The van der Waals surface area contributed by atoms with Gasteiger partial charge in [-0.25, -0.2) is 22.5 Å². The minimum absolute atomic E-state index is 0. The number of aryl methyl sites for hydroxylation is 3. The monoisotopic (exact) mass is 555 g/mol. The molecule has 0 spiro atoms. The van der Waals surface area contributed by atoms with E-state index in [9.17, 15) is 22.4 Å². The van der Waals surface area contributed by atoms with Crippen LogP contribution in [-0.2, 0) is 10.0 Å². The van der Waals surface area contributed by atoms with Crippen LogP contribution >= 0.6 is 0 Å². The molecule has 11 heteroatoms. The van der Waals surface area contributed by atoms with Gasteiger partial charge in [0.05, 0.1) is 12.3 Å². The lowest BCUT2D eigenvalue weighted by Crippen LogP contribution is -2.34. The maximum Gasteiger partial charge on any atom is 0.270 e. The van der Waals surface area contributed by atoms with Crippen LogP contribution in [0.5, 0.6) is 17.4 Å². The zero-order valence-electron chi connectivity index (χ0n) is 21.7. The number of rotatable bonds is 8. The number of carbonyl (C=O) groups excluding carboxylic acids is 1. The molecule has 0 atom stereocenters. The number of carbonyl (C=O) groups is 1. The number of nitrogens with one attached hydrogen (secondary N) is 2. The first kappa shape index (κ1) is 27.5. The molecule has 9 nitrogen and oxygen atoms in total. The van der Waals surface area contributed by atoms with Crippen molar-refractivity contribution in [2.24, 2.45) is 0 Å². The van der Waals surface area contributed by atoms with Gasteiger partial charge < -0.3 is 14.5 Å². The predicted molar refractivity (Wildman–Crippen MR) is 147 cm³/mol. The van der Waals surface area contributed by atoms with Crippen molar-refractivity contribution in [2.45, 2.75) is 32.6 Å². The topological polar surface area (TPSA) is 127 Å². The van der Waals surface area contributed by atoms with Crippen molar-refractivity contribution in [2.75, 3.05) is 6.61 Å². The predicted octanol–water partition coefficient (Wildman–Crippen LogP) is 5.30. The molecule has 0 saturated heterocycles. The molecule has 4 rings (SSSR count). The van der Waals surface area contributed by atoms with E-state index in [4.69, 9.17) is 9.47 Å². The number of benzene rings is 2. The molecule has 0 bridgehead atoms. The zero-order chi connectivity index (χ0) is 28.3. The zero-order valence-corrected chi connectivity index (χ0v) is 22.5. The van der Waals surface area contributed by atoms with Crippen LogP contribution in [0.4, 0.5) is 4.39 Å². The summed E-state index contributed by atoms with van der Waals surface area (Å²) in [5, 5.41) is 0. The van der Waals surface area contributed by atoms with Crippen molar-refractivity contribution in [1.29, 1.82) is 0 Å². The molecule has 39 heavy (non-hydrogen) atoms. The van der Waals surface area contributed by atoms with E-state index < -0.39 is 32.2 Å². The van der Waals surface area contributed by atoms with Gasteiger partial charge in [-0.3, -0.25) is 9.59 Å². The van der Waals surface area contributed by atoms with Crippen molar-refractivity contribution in [3.63, 3.8) is 0 Å². The quantitative estimate of drug-likeness (QED) is 0.302. The van der Waals surface area contributed by atoms with E-state index in [1.165, 1.54) is 36.5 Å². The number of aromatic amines is 1. The lowest BCUT2D eigenvalue weighted by atomic mass is 10.1. The summed E-state index contributed by atoms with van der Waals surface area (Å²) in [5.74, 6) is -1.34. The van der Waals surface area contributed by atoms with Gasteiger partial charge in [0.2, 0.25) is 5.88 Å². The highest BCUT2D eigenvalue weighted by atomic mass is 32.2. The van der Waals surface area contributed by atoms with Crippen molar-refractivity contribution < 1.29 is 29.9 Å². The second-order valence-corrected chi connectivity index (χ2v) is 10.4. The molecule has 0 aliphatic rings. The summed E-state index contributed by atoms with van der Waals surface area (Å²) in [5.41, 5.74) is 2.10. The van der Waals surface area contributed by atoms with Gasteiger partial charge >= 0.3 is 0 Å². The Kier molecular flexibility index (Phi) is 7.82. The molecular weight excluding hydrogens is 525 g/mol. The minimum Gasteiger partial charge on any atom is -0.491 e. The number of ether oxygens (including phenoxy) is 2. The average molecular weight is 556 g/mol. The fourth-order valence-electron chi connectivity index (χ4n) is 4.06. The van der Waals surface area contributed by atoms with Crippen LogP contribution in [0.3, 0.4) is 0 Å². The van der Waals surface area contributed by atoms with Crippen LogP contribution in [0.25, 0.3) is 11.3 Å². The Morgan fingerprint density at radius 1 is 1.08 bits per heavy atom. The number of halogens is 1. The fraction of sp³-hybridized carbons (Fsp3) is 0.179. The van der Waals surface area contributed by atoms with Crippen LogP contribution < -0.4 is 19.8 Å². The number of H-pyrrole nitrogens is 1. The smallest absolute Gasteiger partial charge is 0.270 e. The molecule has 0 unspecified atom stereocenters. The molecule has 0 aliphatic carbocycles. The van der Waals surface area contributed by atoms with Crippen LogP contribution in [0.2, 0.25) is 0 Å². The van der Waals surface area contributed by atoms with Gasteiger partial charge in [-0.1, -0.05) is 17.7 Å². The summed E-state index contributed by atoms with van der Waals surface area (Å²) in [4.78, 5) is 31.3. The SMILES string of the molecule is CCOc1ccc(-c2ccc(C(=O)NS(=O)(=O)c3ccc[nH]c3=O)c(Oc3c(C)cc(C)cc3C)n2)cc1F.[HH].[HH]. The standard InChI is InChI=1S/C28H26FN3O6S.2H2/c1-5-37-23-11-8-19(15-21(23)29)22-10-9-20(26(33)32-39(35,36)24-7-6-12-30-27(24)34)28(31-22)38-25-17(3)13-16(2)14-18(25)4;;/h6-15H,5H2,1-4H3,(H,30,34)(H,32,33);2*1H. The Bertz CT molecular complexity index is 1720. The maximum absolute atomic E-state index is 14.6. The number of pyridine rings is 2. The molecule has 0 radical (unpaired) electrons. The summed E-state index contributed by atoms with van der Waals surface area (Å²) in [7, 11) is -4.52. The van der Waals surface area contributed by atoms with Gasteiger partial charge in [-0.2, -0.15) is 0 Å². The van der Waals surface area contributed by atoms with E-state index in [1.807, 2.05) is 37.6 Å². The summed E-state index contributed by atoms with van der Waals surface area (Å²) in [6.45, 7) is 7.62. The van der Waals surface area contributed by atoms with Gasteiger partial charge in [0.25, 0.3) is 21.5 Å². The second-order valence-electron chi connectivity index (χ2n) is 8.76. The van der Waals surface area contributed by atoms with Crippen LogP contribution in [-0.4, -0.2) is 30.9 Å². The molecule has 1 amide bonds. The number of amides is 1. The molecule has 2 aromatic heterocycles. The number of nitrogens with zero attached hydrogens (tertiary/aromatic N) is 1. The van der Waals surface area contributed by atoms with E-state index in [2.05, 4.69) is 9.97 Å². The Labute approximate surface area is 227 Å². The third-order valence-electron chi connectivity index (χ3n) is 5.73. The highest BCUT2D eigenvalue weighted by Gasteiger charge is 2.25. The van der Waals surface area contributed by atoms with Crippen molar-refractivity contribution in [3.8, 4) is 28.6 Å². The largest absolute Gasteiger partial charge is 0.491 e. The number of aromatic nitrogens is 2. The first-order valence-corrected chi connectivity index (χ1v) is 13.4. The van der Waals surface area contributed by atoms with Gasteiger partial charge in [0, 0.05) is 14.6 Å². The highest BCUT2D eigenvalue weighted by Crippen LogP contribution is 2.33. The Morgan fingerprint density at radius 3 is 2.44 bits per heavy atom. The van der Waals surface area contributed by atoms with Crippen LogP contribution in [0, 0.1) is 26.6 Å². The molecule has 2 N–H and O–H groups in total. The molecule has 0 fully saturated rings. The minimum atomic E-state index is -4.52. The Hall–Kier alpha value is -4.51. The summed E-state index contributed by atoms with van der Waals surface area (Å²) >= 11 is 0. The van der Waals surface area contributed by atoms with E-state index in [1.54, 1.807) is 13.0 Å². The molecule has 0 saturated carbocycles. The molecule has 0 aliphatic heterocycles. The Morgan fingerprint density at radius 2 is 1.79 bits per heavy atom. The van der Waals surface area contributed by atoms with Gasteiger partial charge in [-0.15, -0.1) is 0 Å². The first-order chi connectivity index (χ1) is 18.5. The van der Waals surface area contributed by atoms with Crippen molar-refractivity contribution >= 4 is 15.9 Å². The highest BCUT2D eigenvalue weighted by molar-refractivity contribution is 7.90. The first-order valence-electron chi connectivity index (χ1n) is 11.9. The third-order valence-corrected chi connectivity index (χ3v) is 7.09. The number of sulfonamides is 1.